The summed E-state index contributed by atoms with van der Waals surface area (Å²) in [5, 5.41) is 2.73. The van der Waals surface area contributed by atoms with Crippen LogP contribution in [0.5, 0.6) is 0 Å². The Hall–Kier alpha value is -2.79. The van der Waals surface area contributed by atoms with E-state index in [-0.39, 0.29) is 5.92 Å². The number of hydrogen-bond acceptors (Lipinski definition) is 3. The zero-order valence-electron chi connectivity index (χ0n) is 14.5. The summed E-state index contributed by atoms with van der Waals surface area (Å²) in [6, 6.07) is 20.2. The molecule has 5 heteroatoms. The van der Waals surface area contributed by atoms with Crippen LogP contribution in [0.25, 0.3) is 17.2 Å². The fourth-order valence-electron chi connectivity index (χ4n) is 3.38. The molecule has 1 aliphatic carbocycles. The molecular weight excluding hydrogens is 406 g/mol. The molecule has 27 heavy (non-hydrogen) atoms. The number of carbonyl (C=O) groups is 1. The Morgan fingerprint density at radius 1 is 1.04 bits per heavy atom. The van der Waals surface area contributed by atoms with Crippen LogP contribution in [0.15, 0.2) is 75.8 Å². The molecule has 3 aromatic rings. The minimum Gasteiger partial charge on any atom is -0.450 e. The normalized spacial score (nSPS) is 12.8. The highest BCUT2D eigenvalue weighted by Gasteiger charge is 2.28. The van der Waals surface area contributed by atoms with Gasteiger partial charge in [-0.25, -0.2) is 4.79 Å². The molecule has 4 nitrogen and oxygen atoms in total. The fourth-order valence-corrected chi connectivity index (χ4v) is 3.70. The van der Waals surface area contributed by atoms with Gasteiger partial charge < -0.3 is 14.5 Å². The van der Waals surface area contributed by atoms with Crippen LogP contribution in [0.2, 0.25) is 0 Å². The van der Waals surface area contributed by atoms with Crippen LogP contribution in [0.1, 0.15) is 22.8 Å². The Balaban J connectivity index is 1.34. The number of carbonyl (C=O) groups excluding carboxylic acids is 1. The second kappa shape index (κ2) is 7.84. The van der Waals surface area contributed by atoms with Crippen LogP contribution < -0.4 is 5.32 Å². The van der Waals surface area contributed by atoms with Crippen molar-refractivity contribution in [3.63, 3.8) is 0 Å². The van der Waals surface area contributed by atoms with Gasteiger partial charge in [0.25, 0.3) is 0 Å². The summed E-state index contributed by atoms with van der Waals surface area (Å²) in [6.07, 6.45) is 3.18. The predicted octanol–water partition coefficient (Wildman–Crippen LogP) is 5.59. The summed E-state index contributed by atoms with van der Waals surface area (Å²) in [5.74, 6) is 0.787. The Morgan fingerprint density at radius 2 is 1.70 bits per heavy atom. The van der Waals surface area contributed by atoms with Gasteiger partial charge in [0, 0.05) is 12.5 Å². The van der Waals surface area contributed by atoms with Gasteiger partial charge in [-0.05, 0) is 56.4 Å². The molecule has 0 spiro atoms. The van der Waals surface area contributed by atoms with Crippen molar-refractivity contribution >= 4 is 28.1 Å². The predicted molar refractivity (Wildman–Crippen MR) is 109 cm³/mol. The molecule has 136 valence electrons. The molecule has 1 N–H and O–H groups in total. The molecule has 1 aliphatic rings. The average molecular weight is 424 g/mol. The number of alkyl carbamates (subject to hydrolysis) is 1. The van der Waals surface area contributed by atoms with Crippen LogP contribution in [0, 0.1) is 0 Å². The summed E-state index contributed by atoms with van der Waals surface area (Å²) in [6.45, 7) is 0.684. The van der Waals surface area contributed by atoms with E-state index in [1.54, 1.807) is 6.08 Å². The molecule has 0 bridgehead atoms. The van der Waals surface area contributed by atoms with Gasteiger partial charge in [0.2, 0.25) is 0 Å². The Morgan fingerprint density at radius 3 is 2.33 bits per heavy atom. The number of rotatable bonds is 5. The number of amides is 1. The molecular formula is C22H18BrNO3. The van der Waals surface area contributed by atoms with Gasteiger partial charge in [-0.3, -0.25) is 0 Å². The molecule has 1 amide bonds. The quantitative estimate of drug-likeness (QED) is 0.581. The van der Waals surface area contributed by atoms with E-state index in [0.29, 0.717) is 17.8 Å². The van der Waals surface area contributed by atoms with Crippen LogP contribution >= 0.6 is 15.9 Å². The number of hydrogen-bond donors (Lipinski definition) is 1. The van der Waals surface area contributed by atoms with Crippen molar-refractivity contribution in [2.45, 2.75) is 5.92 Å². The first-order valence-corrected chi connectivity index (χ1v) is 9.52. The van der Waals surface area contributed by atoms with Gasteiger partial charge in [0.15, 0.2) is 4.67 Å². The maximum absolute atomic E-state index is 12.0. The van der Waals surface area contributed by atoms with Crippen LogP contribution in [0.4, 0.5) is 4.79 Å². The van der Waals surface area contributed by atoms with Crippen LogP contribution in [-0.4, -0.2) is 19.2 Å². The molecule has 0 unspecified atom stereocenters. The van der Waals surface area contributed by atoms with Gasteiger partial charge in [0.1, 0.15) is 12.4 Å². The lowest BCUT2D eigenvalue weighted by molar-refractivity contribution is 0.144. The van der Waals surface area contributed by atoms with Gasteiger partial charge in [-0.2, -0.15) is 0 Å². The largest absolute Gasteiger partial charge is 0.450 e. The summed E-state index contributed by atoms with van der Waals surface area (Å²) in [7, 11) is 0. The van der Waals surface area contributed by atoms with Gasteiger partial charge in [0.05, 0.1) is 0 Å². The van der Waals surface area contributed by atoms with Gasteiger partial charge in [-0.1, -0.05) is 54.6 Å². The first kappa shape index (κ1) is 17.6. The van der Waals surface area contributed by atoms with E-state index in [0.717, 1.165) is 5.76 Å². The second-order valence-corrected chi connectivity index (χ2v) is 7.03. The molecule has 0 atom stereocenters. The lowest BCUT2D eigenvalue weighted by Crippen LogP contribution is -2.26. The minimum atomic E-state index is -0.429. The summed E-state index contributed by atoms with van der Waals surface area (Å²) >= 11 is 3.25. The highest BCUT2D eigenvalue weighted by molar-refractivity contribution is 9.10. The smallest absolute Gasteiger partial charge is 0.407 e. The number of furan rings is 1. The topological polar surface area (TPSA) is 51.5 Å². The molecule has 4 rings (SSSR count). The standard InChI is InChI=1S/C22H18BrNO3/c23-21-12-11-15(27-21)6-5-13-24-22(25)26-14-20-18-9-3-1-7-16(18)17-8-2-4-10-19(17)20/h1-12,20H,13-14H2,(H,24,25). The minimum absolute atomic E-state index is 0.0687. The highest BCUT2D eigenvalue weighted by Crippen LogP contribution is 2.44. The lowest BCUT2D eigenvalue weighted by Gasteiger charge is -2.14. The van der Waals surface area contributed by atoms with E-state index < -0.39 is 6.09 Å². The van der Waals surface area contributed by atoms with Gasteiger partial charge >= 0.3 is 6.09 Å². The third-order valence-corrected chi connectivity index (χ3v) is 5.01. The van der Waals surface area contributed by atoms with Crippen molar-refractivity contribution in [3.8, 4) is 11.1 Å². The van der Waals surface area contributed by atoms with E-state index in [1.165, 1.54) is 22.3 Å². The lowest BCUT2D eigenvalue weighted by atomic mass is 9.98. The maximum atomic E-state index is 12.0. The number of fused-ring (bicyclic) bond motifs is 3. The third-order valence-electron chi connectivity index (χ3n) is 4.58. The zero-order chi connectivity index (χ0) is 18.6. The first-order chi connectivity index (χ1) is 13.2. The van der Waals surface area contributed by atoms with Crippen molar-refractivity contribution in [3.05, 3.63) is 88.3 Å². The van der Waals surface area contributed by atoms with E-state index in [4.69, 9.17) is 9.15 Å². The average Bonchev–Trinajstić information content (AvgIpc) is 3.25. The number of halogens is 1. The molecule has 0 fully saturated rings. The molecule has 0 radical (unpaired) electrons. The van der Waals surface area contributed by atoms with Crippen LogP contribution in [0.3, 0.4) is 0 Å². The summed E-state index contributed by atoms with van der Waals surface area (Å²) in [4.78, 5) is 12.0. The van der Waals surface area contributed by atoms with Crippen molar-refractivity contribution in [2.75, 3.05) is 13.2 Å². The van der Waals surface area contributed by atoms with Crippen LogP contribution in [-0.2, 0) is 4.74 Å². The van der Waals surface area contributed by atoms with E-state index >= 15 is 0 Å². The van der Waals surface area contributed by atoms with E-state index in [2.05, 4.69) is 45.5 Å². The molecule has 0 saturated heterocycles. The van der Waals surface area contributed by atoms with Crippen molar-refractivity contribution < 1.29 is 13.9 Å². The van der Waals surface area contributed by atoms with Crippen molar-refractivity contribution in [2.24, 2.45) is 0 Å². The number of benzene rings is 2. The van der Waals surface area contributed by atoms with Crippen molar-refractivity contribution in [1.82, 2.24) is 5.32 Å². The molecule has 1 heterocycles. The van der Waals surface area contributed by atoms with Crippen molar-refractivity contribution in [1.29, 1.82) is 0 Å². The maximum Gasteiger partial charge on any atom is 0.407 e. The molecule has 0 saturated carbocycles. The highest BCUT2D eigenvalue weighted by atomic mass is 79.9. The first-order valence-electron chi connectivity index (χ1n) is 8.73. The Kier molecular flexibility index (Phi) is 5.12. The monoisotopic (exact) mass is 423 g/mol. The summed E-state index contributed by atoms with van der Waals surface area (Å²) < 4.78 is 11.5. The van der Waals surface area contributed by atoms with Gasteiger partial charge in [-0.15, -0.1) is 0 Å². The molecule has 0 aliphatic heterocycles. The van der Waals surface area contributed by atoms with E-state index in [9.17, 15) is 4.79 Å². The molecule has 2 aromatic carbocycles. The number of ether oxygens (including phenoxy) is 1. The van der Waals surface area contributed by atoms with E-state index in [1.807, 2.05) is 42.5 Å². The number of nitrogens with one attached hydrogen (secondary N) is 1. The SMILES string of the molecule is O=C(NCC=Cc1ccc(Br)o1)OCC1c2ccccc2-c2ccccc21. The molecule has 1 aromatic heterocycles. The fraction of sp³-hybridized carbons (Fsp3) is 0.136. The third kappa shape index (κ3) is 3.83. The second-order valence-electron chi connectivity index (χ2n) is 6.25. The summed E-state index contributed by atoms with van der Waals surface area (Å²) in [5.41, 5.74) is 4.84. The zero-order valence-corrected chi connectivity index (χ0v) is 16.1. The Bertz CT molecular complexity index is 947. The Labute approximate surface area is 166 Å².